The monoisotopic (exact) mass is 766 g/mol. The van der Waals surface area contributed by atoms with Crippen molar-refractivity contribution in [1.82, 2.24) is 16.0 Å². The molecule has 4 amide bonds. The maximum absolute atomic E-state index is 13.8. The molecule has 284 valence electrons. The van der Waals surface area contributed by atoms with Gasteiger partial charge in [0.05, 0.1) is 6.61 Å². The third-order valence-corrected chi connectivity index (χ3v) is 11.1. The number of aliphatic hydroxyl groups is 1. The molecule has 0 saturated heterocycles. The van der Waals surface area contributed by atoms with E-state index in [1.165, 1.54) is 13.8 Å². The number of amides is 4. The number of nitrogens with one attached hydrogen (secondary N) is 3. The highest BCUT2D eigenvalue weighted by Gasteiger charge is 2.45. The number of primary amides is 1. The van der Waals surface area contributed by atoms with Crippen LogP contribution in [-0.4, -0.2) is 123 Å². The molecule has 6 atom stereocenters. The number of rotatable bonds is 22. The smallest absolute Gasteiger partial charge is 0.292 e. The van der Waals surface area contributed by atoms with Gasteiger partial charge in [-0.25, -0.2) is 0 Å². The molecule has 6 N–H and O–H groups in total. The summed E-state index contributed by atoms with van der Waals surface area (Å²) in [5.74, 6) is -3.39. The van der Waals surface area contributed by atoms with Crippen LogP contribution in [0.5, 0.6) is 0 Å². The molecular formula is C30H62N4O11Si4. The number of nitrogens with two attached hydrogens (primary N) is 1. The van der Waals surface area contributed by atoms with Gasteiger partial charge in [-0.05, 0) is 72.3 Å². The maximum atomic E-state index is 13.8. The van der Waals surface area contributed by atoms with E-state index in [-0.39, 0.29) is 24.9 Å². The molecule has 0 aliphatic carbocycles. The molecular weight excluding hydrogens is 705 g/mol. The minimum absolute atomic E-state index is 0.0896. The van der Waals surface area contributed by atoms with Crippen molar-refractivity contribution in [3.05, 3.63) is 0 Å². The van der Waals surface area contributed by atoms with Crippen molar-refractivity contribution in [2.24, 2.45) is 5.73 Å². The third kappa shape index (κ3) is 20.2. The van der Waals surface area contributed by atoms with Crippen molar-refractivity contribution in [2.45, 2.75) is 142 Å². The highest BCUT2D eigenvalue weighted by Crippen LogP contribution is 2.23. The van der Waals surface area contributed by atoms with Crippen LogP contribution in [0, 0.1) is 0 Å². The Labute approximate surface area is 295 Å². The van der Waals surface area contributed by atoms with Crippen LogP contribution >= 0.6 is 0 Å². The molecule has 49 heavy (non-hydrogen) atoms. The molecule has 0 aromatic heterocycles. The van der Waals surface area contributed by atoms with E-state index in [0.717, 1.165) is 0 Å². The first-order valence-corrected chi connectivity index (χ1v) is 30.2. The molecule has 0 spiro atoms. The maximum Gasteiger partial charge on any atom is 0.292 e. The summed E-state index contributed by atoms with van der Waals surface area (Å²) in [4.78, 5) is 76.3. The van der Waals surface area contributed by atoms with E-state index >= 15 is 0 Å². The van der Waals surface area contributed by atoms with Crippen molar-refractivity contribution in [3.63, 3.8) is 0 Å². The fourth-order valence-electron chi connectivity index (χ4n) is 4.32. The van der Waals surface area contributed by atoms with Crippen LogP contribution in [0.25, 0.3) is 0 Å². The molecule has 0 saturated carbocycles. The quantitative estimate of drug-likeness (QED) is 0.0991. The first-order chi connectivity index (χ1) is 21.9. The third-order valence-electron chi connectivity index (χ3n) is 6.48. The van der Waals surface area contributed by atoms with Gasteiger partial charge in [-0.3, -0.25) is 24.0 Å². The predicted molar refractivity (Wildman–Crippen MR) is 197 cm³/mol. The summed E-state index contributed by atoms with van der Waals surface area (Å²) in [7, 11) is -9.29. The summed E-state index contributed by atoms with van der Waals surface area (Å²) < 4.78 is 23.8. The number of carbonyl (C=O) groups is 6. The first-order valence-electron chi connectivity index (χ1n) is 16.5. The lowest BCUT2D eigenvalue weighted by molar-refractivity contribution is -0.145. The van der Waals surface area contributed by atoms with Gasteiger partial charge in [-0.1, -0.05) is 19.6 Å². The van der Waals surface area contributed by atoms with E-state index in [1.54, 1.807) is 0 Å². The summed E-state index contributed by atoms with van der Waals surface area (Å²) >= 11 is 0. The Balaban J connectivity index is 6.17. The van der Waals surface area contributed by atoms with Gasteiger partial charge in [0.15, 0.2) is 16.6 Å². The van der Waals surface area contributed by atoms with Gasteiger partial charge < -0.3 is 49.6 Å². The summed E-state index contributed by atoms with van der Waals surface area (Å²) in [5, 5.41) is 18.7. The summed E-state index contributed by atoms with van der Waals surface area (Å²) in [6.07, 6.45) is -3.99. The number of hydrogen-bond acceptors (Lipinski definition) is 11. The SMILES string of the molecule is CC(=O)N[C@@H](C(=O)[Si](C)(C)C)[C@@H](OCC(=O)NC(C)C(=O)NC(CCC(=O)O[Si](C)(C)C)C(N)=O)[C@H](O[Si](C)(C)C)[C@H](O)CO[Si](C)(C)C. The predicted octanol–water partition coefficient (Wildman–Crippen LogP) is 1.39. The normalized spacial score (nSPS) is 16.3. The van der Waals surface area contributed by atoms with E-state index in [4.69, 9.17) is 23.7 Å². The second-order valence-corrected chi connectivity index (χ2v) is 34.5. The van der Waals surface area contributed by atoms with E-state index < -0.39 is 106 Å². The van der Waals surface area contributed by atoms with Crippen LogP contribution < -0.4 is 21.7 Å². The molecule has 0 aliphatic rings. The molecule has 0 rings (SSSR count). The van der Waals surface area contributed by atoms with Gasteiger partial charge in [-0.2, -0.15) is 0 Å². The van der Waals surface area contributed by atoms with Crippen molar-refractivity contribution >= 4 is 68.0 Å². The average Bonchev–Trinajstić information content (AvgIpc) is 2.89. The minimum atomic E-state index is -2.59. The highest BCUT2D eigenvalue weighted by molar-refractivity contribution is 7.04. The van der Waals surface area contributed by atoms with Gasteiger partial charge in [0.25, 0.3) is 5.97 Å². The Morgan fingerprint density at radius 2 is 1.33 bits per heavy atom. The van der Waals surface area contributed by atoms with E-state index in [1.807, 2.05) is 78.6 Å². The zero-order valence-electron chi connectivity index (χ0n) is 31.9. The van der Waals surface area contributed by atoms with Crippen LogP contribution in [0.2, 0.25) is 78.6 Å². The Bertz CT molecular complexity index is 1160. The minimum Gasteiger partial charge on any atom is -0.520 e. The molecule has 15 nitrogen and oxygen atoms in total. The van der Waals surface area contributed by atoms with Crippen molar-refractivity contribution < 1.29 is 51.9 Å². The number of aliphatic hydroxyl groups excluding tert-OH is 1. The van der Waals surface area contributed by atoms with E-state index in [9.17, 15) is 33.9 Å². The summed E-state index contributed by atoms with van der Waals surface area (Å²) in [5.41, 5.74) is 5.44. The zero-order valence-corrected chi connectivity index (χ0v) is 35.9. The lowest BCUT2D eigenvalue weighted by atomic mass is 10.0. The van der Waals surface area contributed by atoms with Gasteiger partial charge >= 0.3 is 0 Å². The molecule has 0 aliphatic heterocycles. The second-order valence-electron chi connectivity index (χ2n) is 16.1. The van der Waals surface area contributed by atoms with Gasteiger partial charge in [0.2, 0.25) is 31.9 Å². The summed E-state index contributed by atoms with van der Waals surface area (Å²) in [6.45, 7) is 24.3. The molecule has 0 fully saturated rings. The van der Waals surface area contributed by atoms with Gasteiger partial charge in [0, 0.05) is 13.3 Å². The molecule has 2 unspecified atom stereocenters. The van der Waals surface area contributed by atoms with Gasteiger partial charge in [-0.15, -0.1) is 0 Å². The largest absolute Gasteiger partial charge is 0.520 e. The average molecular weight is 767 g/mol. The first kappa shape index (κ1) is 46.7. The molecule has 19 heteroatoms. The zero-order chi connectivity index (χ0) is 38.7. The lowest BCUT2D eigenvalue weighted by Gasteiger charge is -2.40. The molecule has 0 aromatic carbocycles. The molecule has 0 heterocycles. The number of hydrogen-bond donors (Lipinski definition) is 5. The molecule has 0 aromatic rings. The Hall–Kier alpha value is -2.27. The van der Waals surface area contributed by atoms with Crippen LogP contribution in [0.15, 0.2) is 0 Å². The van der Waals surface area contributed by atoms with Crippen LogP contribution in [0.1, 0.15) is 26.7 Å². The van der Waals surface area contributed by atoms with Crippen molar-refractivity contribution in [2.75, 3.05) is 13.2 Å². The van der Waals surface area contributed by atoms with E-state index in [2.05, 4.69) is 16.0 Å². The van der Waals surface area contributed by atoms with Crippen LogP contribution in [0.3, 0.4) is 0 Å². The Morgan fingerprint density at radius 1 is 0.776 bits per heavy atom. The highest BCUT2D eigenvalue weighted by atomic mass is 28.4. The molecule has 0 bridgehead atoms. The Kier molecular flexibility index (Phi) is 18.5. The number of ether oxygens (including phenoxy) is 1. The van der Waals surface area contributed by atoms with Crippen LogP contribution in [-0.2, 0) is 46.8 Å². The van der Waals surface area contributed by atoms with Crippen molar-refractivity contribution in [3.8, 4) is 0 Å². The van der Waals surface area contributed by atoms with Crippen LogP contribution in [0.4, 0.5) is 0 Å². The van der Waals surface area contributed by atoms with Gasteiger partial charge in [0.1, 0.15) is 56.5 Å². The summed E-state index contributed by atoms with van der Waals surface area (Å²) in [6, 6.07) is -3.61. The second kappa shape index (κ2) is 19.4. The topological polar surface area (TPSA) is 222 Å². The Morgan fingerprint density at radius 3 is 1.76 bits per heavy atom. The lowest BCUT2D eigenvalue weighted by Crippen LogP contribution is -2.63. The fourth-order valence-corrected chi connectivity index (χ4v) is 8.06. The standard InChI is InChI=1S/C30H62N4O11Si4/c1-19(29(40)34-21(28(31)39)15-16-24(38)44-48(9,10)11)32-23(37)18-42-27(25(33-20(2)35)30(41)46(3,4)5)26(45-49(12,13)14)22(36)17-43-47(6,7)8/h19,21-22,25-27,36H,15-18H2,1-14H3,(H2,31,39)(H,32,37)(H,33,35)(H,34,40)/t19?,21?,22-,25-,26-,27-/m1/s1. The number of carbonyl (C=O) groups excluding carboxylic acids is 6. The van der Waals surface area contributed by atoms with Crippen molar-refractivity contribution in [1.29, 1.82) is 0 Å². The fraction of sp³-hybridized carbons (Fsp3) is 0.800. The molecule has 0 radical (unpaired) electrons. The van der Waals surface area contributed by atoms with E-state index in [0.29, 0.717) is 0 Å².